The van der Waals surface area contributed by atoms with Crippen LogP contribution in [0.25, 0.3) is 0 Å². The number of hydrogen-bond donors (Lipinski definition) is 1. The summed E-state index contributed by atoms with van der Waals surface area (Å²) in [4.78, 5) is 12.3. The molecule has 0 unspecified atom stereocenters. The number of amides is 1. The first-order valence-corrected chi connectivity index (χ1v) is 4.00. The molecule has 0 saturated heterocycles. The van der Waals surface area contributed by atoms with Crippen molar-refractivity contribution >= 4 is 5.91 Å². The first-order valence-electron chi connectivity index (χ1n) is 4.00. The molecule has 0 radical (unpaired) electrons. The molecule has 0 fully saturated rings. The van der Waals surface area contributed by atoms with Crippen molar-refractivity contribution in [3.8, 4) is 6.07 Å². The normalized spacial score (nSPS) is 9.75. The molecule has 0 heterocycles. The van der Waals surface area contributed by atoms with E-state index in [4.69, 9.17) is 11.0 Å². The van der Waals surface area contributed by atoms with Gasteiger partial charge in [0, 0.05) is 6.42 Å². The molecule has 1 amide bonds. The van der Waals surface area contributed by atoms with E-state index in [1.165, 1.54) is 0 Å². The van der Waals surface area contributed by atoms with Gasteiger partial charge >= 0.3 is 0 Å². The molecule has 0 spiro atoms. The van der Waals surface area contributed by atoms with E-state index in [0.717, 1.165) is 19.4 Å². The van der Waals surface area contributed by atoms with E-state index in [9.17, 15) is 4.79 Å². The fraction of sp³-hybridized carbons (Fsp3) is 0.750. The Morgan fingerprint density at radius 2 is 2.25 bits per heavy atom. The van der Waals surface area contributed by atoms with Gasteiger partial charge in [0.1, 0.15) is 0 Å². The van der Waals surface area contributed by atoms with E-state index in [-0.39, 0.29) is 5.91 Å². The SMILES string of the molecule is CN(CCCCC#N)CC(N)=O. The molecular formula is C8H15N3O. The van der Waals surface area contributed by atoms with Gasteiger partial charge in [0.05, 0.1) is 12.6 Å². The summed E-state index contributed by atoms with van der Waals surface area (Å²) in [5.74, 6) is -0.308. The topological polar surface area (TPSA) is 70.1 Å². The van der Waals surface area contributed by atoms with E-state index in [1.54, 1.807) is 0 Å². The highest BCUT2D eigenvalue weighted by Gasteiger charge is 2.00. The van der Waals surface area contributed by atoms with Crippen molar-refractivity contribution in [3.05, 3.63) is 0 Å². The fourth-order valence-corrected chi connectivity index (χ4v) is 0.931. The van der Waals surface area contributed by atoms with Gasteiger partial charge in [-0.05, 0) is 26.4 Å². The molecule has 0 aromatic heterocycles. The Bertz CT molecular complexity index is 174. The lowest BCUT2D eigenvalue weighted by Gasteiger charge is -2.12. The summed E-state index contributed by atoms with van der Waals surface area (Å²) in [6.07, 6.45) is 2.42. The zero-order valence-corrected chi connectivity index (χ0v) is 7.42. The molecule has 68 valence electrons. The number of likely N-dealkylation sites (N-methyl/N-ethyl adjacent to an activating group) is 1. The lowest BCUT2D eigenvalue weighted by Crippen LogP contribution is -2.31. The van der Waals surface area contributed by atoms with Crippen molar-refractivity contribution in [1.29, 1.82) is 5.26 Å². The summed E-state index contributed by atoms with van der Waals surface area (Å²) in [6.45, 7) is 1.12. The highest BCUT2D eigenvalue weighted by atomic mass is 16.1. The molecule has 4 nitrogen and oxygen atoms in total. The third-order valence-corrected chi connectivity index (χ3v) is 1.50. The third kappa shape index (κ3) is 7.03. The van der Waals surface area contributed by atoms with E-state index >= 15 is 0 Å². The third-order valence-electron chi connectivity index (χ3n) is 1.50. The van der Waals surface area contributed by atoms with Gasteiger partial charge in [0.2, 0.25) is 5.91 Å². The van der Waals surface area contributed by atoms with Crippen LogP contribution in [0.1, 0.15) is 19.3 Å². The van der Waals surface area contributed by atoms with Gasteiger partial charge in [0.15, 0.2) is 0 Å². The van der Waals surface area contributed by atoms with Gasteiger partial charge in [-0.1, -0.05) is 0 Å². The number of hydrogen-bond acceptors (Lipinski definition) is 3. The number of primary amides is 1. The molecule has 0 aromatic rings. The van der Waals surface area contributed by atoms with Crippen molar-refractivity contribution < 1.29 is 4.79 Å². The summed E-state index contributed by atoms with van der Waals surface area (Å²) >= 11 is 0. The van der Waals surface area contributed by atoms with Crippen LogP contribution in [0, 0.1) is 11.3 Å². The van der Waals surface area contributed by atoms with Crippen LogP contribution in [-0.4, -0.2) is 30.9 Å². The largest absolute Gasteiger partial charge is 0.369 e. The van der Waals surface area contributed by atoms with Gasteiger partial charge in [0.25, 0.3) is 0 Å². The molecule has 12 heavy (non-hydrogen) atoms. The van der Waals surface area contributed by atoms with Gasteiger partial charge < -0.3 is 5.73 Å². The van der Waals surface area contributed by atoms with Crippen molar-refractivity contribution in [1.82, 2.24) is 4.90 Å². The summed E-state index contributed by atoms with van der Waals surface area (Å²) in [5.41, 5.74) is 4.99. The first kappa shape index (κ1) is 10.9. The van der Waals surface area contributed by atoms with Crippen LogP contribution < -0.4 is 5.73 Å². The Kier molecular flexibility index (Phi) is 6.02. The molecule has 0 aliphatic rings. The Hall–Kier alpha value is -1.08. The Balaban J connectivity index is 3.26. The second-order valence-corrected chi connectivity index (χ2v) is 2.82. The fourth-order valence-electron chi connectivity index (χ4n) is 0.931. The van der Waals surface area contributed by atoms with Gasteiger partial charge in [-0.25, -0.2) is 0 Å². The average Bonchev–Trinajstić information content (AvgIpc) is 1.97. The van der Waals surface area contributed by atoms with Crippen molar-refractivity contribution in [2.24, 2.45) is 5.73 Å². The number of carbonyl (C=O) groups excluding carboxylic acids is 1. The summed E-state index contributed by atoms with van der Waals surface area (Å²) in [7, 11) is 1.84. The Morgan fingerprint density at radius 1 is 1.58 bits per heavy atom. The van der Waals surface area contributed by atoms with Gasteiger partial charge in [-0.15, -0.1) is 0 Å². The lowest BCUT2D eigenvalue weighted by atomic mass is 10.2. The molecule has 2 N–H and O–H groups in total. The van der Waals surface area contributed by atoms with E-state index in [1.807, 2.05) is 11.9 Å². The Labute approximate surface area is 72.9 Å². The van der Waals surface area contributed by atoms with Crippen LogP contribution in [0.3, 0.4) is 0 Å². The highest BCUT2D eigenvalue weighted by molar-refractivity contribution is 5.75. The molecule has 4 heteroatoms. The molecule has 0 bridgehead atoms. The van der Waals surface area contributed by atoms with E-state index in [0.29, 0.717) is 13.0 Å². The standard InChI is InChI=1S/C8H15N3O/c1-11(7-8(10)12)6-4-2-3-5-9/h2-4,6-7H2,1H3,(H2,10,12). The first-order chi connectivity index (χ1) is 5.66. The molecule has 0 aliphatic heterocycles. The highest BCUT2D eigenvalue weighted by Crippen LogP contribution is 1.95. The number of nitrogens with two attached hydrogens (primary N) is 1. The smallest absolute Gasteiger partial charge is 0.231 e. The zero-order chi connectivity index (χ0) is 9.40. The van der Waals surface area contributed by atoms with Gasteiger partial charge in [-0.2, -0.15) is 5.26 Å². The van der Waals surface area contributed by atoms with E-state index < -0.39 is 0 Å². The van der Waals surface area contributed by atoms with Crippen LogP contribution in [-0.2, 0) is 4.79 Å². The number of nitrogens with zero attached hydrogens (tertiary/aromatic N) is 2. The van der Waals surface area contributed by atoms with Crippen molar-refractivity contribution in [2.45, 2.75) is 19.3 Å². The maximum absolute atomic E-state index is 10.4. The van der Waals surface area contributed by atoms with Crippen LogP contribution in [0.15, 0.2) is 0 Å². The number of rotatable bonds is 6. The second kappa shape index (κ2) is 6.62. The monoisotopic (exact) mass is 169 g/mol. The molecule has 0 aromatic carbocycles. The zero-order valence-electron chi connectivity index (χ0n) is 7.42. The molecule has 0 atom stereocenters. The summed E-state index contributed by atoms with van der Waals surface area (Å²) < 4.78 is 0. The maximum atomic E-state index is 10.4. The second-order valence-electron chi connectivity index (χ2n) is 2.82. The van der Waals surface area contributed by atoms with Crippen LogP contribution in [0.5, 0.6) is 0 Å². The molecule has 0 rings (SSSR count). The minimum atomic E-state index is -0.308. The maximum Gasteiger partial charge on any atom is 0.231 e. The van der Waals surface area contributed by atoms with Crippen LogP contribution in [0.4, 0.5) is 0 Å². The average molecular weight is 169 g/mol. The quantitative estimate of drug-likeness (QED) is 0.573. The molecule has 0 saturated carbocycles. The number of nitriles is 1. The summed E-state index contributed by atoms with van der Waals surface area (Å²) in [5, 5.41) is 8.24. The predicted octanol–water partition coefficient (Wildman–Crippen LogP) is 0.0974. The Morgan fingerprint density at radius 3 is 2.75 bits per heavy atom. The van der Waals surface area contributed by atoms with Gasteiger partial charge in [-0.3, -0.25) is 9.69 Å². The molecular weight excluding hydrogens is 154 g/mol. The predicted molar refractivity (Wildman–Crippen MR) is 46.2 cm³/mol. The summed E-state index contributed by atoms with van der Waals surface area (Å²) in [6, 6.07) is 2.07. The van der Waals surface area contributed by atoms with Crippen LogP contribution in [0.2, 0.25) is 0 Å². The lowest BCUT2D eigenvalue weighted by molar-refractivity contribution is -0.118. The molecule has 0 aliphatic carbocycles. The minimum absolute atomic E-state index is 0.298. The number of unbranched alkanes of at least 4 members (excludes halogenated alkanes) is 2. The van der Waals surface area contributed by atoms with E-state index in [2.05, 4.69) is 6.07 Å². The minimum Gasteiger partial charge on any atom is -0.369 e. The van der Waals surface area contributed by atoms with Crippen LogP contribution >= 0.6 is 0 Å². The van der Waals surface area contributed by atoms with Crippen molar-refractivity contribution in [2.75, 3.05) is 20.1 Å². The van der Waals surface area contributed by atoms with Crippen molar-refractivity contribution in [3.63, 3.8) is 0 Å². The number of carbonyl (C=O) groups is 1.